The lowest BCUT2D eigenvalue weighted by molar-refractivity contribution is -0.137. The third-order valence-electron chi connectivity index (χ3n) is 6.35. The van der Waals surface area contributed by atoms with Gasteiger partial charge in [-0.25, -0.2) is 0 Å². The zero-order chi connectivity index (χ0) is 30.5. The molecule has 0 unspecified atom stereocenters. The zero-order valence-electron chi connectivity index (χ0n) is 23.7. The maximum absolute atomic E-state index is 12.3. The zero-order valence-corrected chi connectivity index (χ0v) is 23.7. The number of hydrogen-bond acceptors (Lipinski definition) is 2. The number of hydrogen-bond donors (Lipinski definition) is 2. The quantitative estimate of drug-likeness (QED) is 0.199. The van der Waals surface area contributed by atoms with E-state index in [4.69, 9.17) is 0 Å². The van der Waals surface area contributed by atoms with Gasteiger partial charge in [-0.05, 0) is 72.1 Å². The van der Waals surface area contributed by atoms with Crippen LogP contribution < -0.4 is 10.6 Å². The molecule has 43 heavy (non-hydrogen) atoms. The minimum atomic E-state index is -4.27. The van der Waals surface area contributed by atoms with Crippen LogP contribution in [0.4, 0.5) is 18.9 Å². The van der Waals surface area contributed by atoms with E-state index >= 15 is 0 Å². The largest absolute Gasteiger partial charge is 0.416 e. The lowest BCUT2D eigenvalue weighted by atomic mass is 10.0. The van der Waals surface area contributed by atoms with Crippen LogP contribution in [-0.4, -0.2) is 12.5 Å². The summed E-state index contributed by atoms with van der Waals surface area (Å²) in [7, 11) is 0. The average molecular weight is 577 g/mol. The summed E-state index contributed by atoms with van der Waals surface area (Å²) in [4.78, 5) is 12.1. The maximum atomic E-state index is 12.3. The molecule has 5 rings (SSSR count). The number of benzene rings is 5. The van der Waals surface area contributed by atoms with Gasteiger partial charge in [0.05, 0.1) is 12.1 Å². The van der Waals surface area contributed by atoms with Crippen molar-refractivity contribution in [3.05, 3.63) is 161 Å². The van der Waals surface area contributed by atoms with Crippen molar-refractivity contribution in [2.45, 2.75) is 19.6 Å². The molecule has 0 saturated carbocycles. The second kappa shape index (κ2) is 15.2. The van der Waals surface area contributed by atoms with Crippen molar-refractivity contribution in [3.8, 4) is 23.0 Å². The van der Waals surface area contributed by atoms with E-state index in [1.54, 1.807) is 0 Å². The highest BCUT2D eigenvalue weighted by Gasteiger charge is 2.29. The molecule has 0 heterocycles. The number of aryl methyl sites for hydroxylation is 1. The van der Waals surface area contributed by atoms with E-state index in [9.17, 15) is 18.0 Å². The number of amides is 1. The van der Waals surface area contributed by atoms with Gasteiger partial charge in [-0.3, -0.25) is 4.79 Å². The number of carbonyl (C=O) groups excluding carboxylic acids is 1. The summed E-state index contributed by atoms with van der Waals surface area (Å²) in [5, 5.41) is 6.05. The Morgan fingerprint density at radius 1 is 0.651 bits per heavy atom. The third kappa shape index (κ3) is 10.3. The predicted octanol–water partition coefficient (Wildman–Crippen LogP) is 8.50. The molecule has 0 aliphatic carbocycles. The van der Waals surface area contributed by atoms with Gasteiger partial charge in [-0.2, -0.15) is 13.2 Å². The third-order valence-corrected chi connectivity index (χ3v) is 6.35. The van der Waals surface area contributed by atoms with Crippen molar-refractivity contribution in [2.24, 2.45) is 0 Å². The summed E-state index contributed by atoms with van der Waals surface area (Å²) < 4.78 is 37.0. The summed E-state index contributed by atoms with van der Waals surface area (Å²) in [6.45, 7) is 2.99. The molecule has 3 nitrogen and oxygen atoms in total. The minimum absolute atomic E-state index is 0.0646. The molecule has 0 atom stereocenters. The SMILES string of the molecule is Cc1ccc(CNCC(=O)Nc2ccc(C#Cc3ccccc3)cc2)cc1.FC(F)(F)c1ccc(-c2ccccc2)cc1. The number of halogens is 3. The second-order valence-corrected chi connectivity index (χ2v) is 9.77. The smallest absolute Gasteiger partial charge is 0.325 e. The minimum Gasteiger partial charge on any atom is -0.325 e. The Morgan fingerprint density at radius 3 is 1.77 bits per heavy atom. The van der Waals surface area contributed by atoms with E-state index in [1.807, 2.05) is 84.9 Å². The van der Waals surface area contributed by atoms with Crippen molar-refractivity contribution in [3.63, 3.8) is 0 Å². The molecular weight excluding hydrogens is 545 g/mol. The van der Waals surface area contributed by atoms with Crippen LogP contribution in [-0.2, 0) is 17.5 Å². The Morgan fingerprint density at radius 2 is 1.19 bits per heavy atom. The van der Waals surface area contributed by atoms with Crippen LogP contribution >= 0.6 is 0 Å². The number of nitrogens with one attached hydrogen (secondary N) is 2. The first-order valence-corrected chi connectivity index (χ1v) is 13.7. The Balaban J connectivity index is 0.000000225. The fraction of sp³-hybridized carbons (Fsp3) is 0.108. The van der Waals surface area contributed by atoms with Crippen molar-refractivity contribution >= 4 is 11.6 Å². The average Bonchev–Trinajstić information content (AvgIpc) is 3.03. The molecule has 0 fully saturated rings. The number of anilines is 1. The van der Waals surface area contributed by atoms with Gasteiger partial charge < -0.3 is 10.6 Å². The predicted molar refractivity (Wildman–Crippen MR) is 167 cm³/mol. The first kappa shape index (κ1) is 30.8. The molecule has 0 aliphatic rings. The summed E-state index contributed by atoms with van der Waals surface area (Å²) in [5.41, 5.74) is 6.13. The molecular formula is C37H31F3N2O. The van der Waals surface area contributed by atoms with Crippen molar-refractivity contribution in [1.29, 1.82) is 0 Å². The molecule has 0 spiro atoms. The Hall–Kier alpha value is -5.12. The van der Waals surface area contributed by atoms with Gasteiger partial charge in [0.2, 0.25) is 5.91 Å². The van der Waals surface area contributed by atoms with Crippen molar-refractivity contribution < 1.29 is 18.0 Å². The normalized spacial score (nSPS) is 10.5. The van der Waals surface area contributed by atoms with E-state index < -0.39 is 11.7 Å². The molecule has 5 aromatic rings. The Kier molecular flexibility index (Phi) is 10.9. The fourth-order valence-corrected chi connectivity index (χ4v) is 4.02. The highest BCUT2D eigenvalue weighted by Crippen LogP contribution is 2.30. The fourth-order valence-electron chi connectivity index (χ4n) is 4.02. The van der Waals surface area contributed by atoms with Gasteiger partial charge in [-0.15, -0.1) is 0 Å². The van der Waals surface area contributed by atoms with Gasteiger partial charge >= 0.3 is 6.18 Å². The Bertz CT molecular complexity index is 1640. The molecule has 5 aromatic carbocycles. The van der Waals surface area contributed by atoms with E-state index in [2.05, 4.69) is 53.7 Å². The van der Waals surface area contributed by atoms with Crippen molar-refractivity contribution in [2.75, 3.05) is 11.9 Å². The van der Waals surface area contributed by atoms with Crippen molar-refractivity contribution in [1.82, 2.24) is 5.32 Å². The van der Waals surface area contributed by atoms with E-state index in [1.165, 1.54) is 17.7 Å². The van der Waals surface area contributed by atoms with Crippen LogP contribution in [0.3, 0.4) is 0 Å². The maximum Gasteiger partial charge on any atom is 0.416 e. The Labute approximate surface area is 250 Å². The van der Waals surface area contributed by atoms with Crippen LogP contribution in [0.5, 0.6) is 0 Å². The van der Waals surface area contributed by atoms with Crippen LogP contribution in [0.15, 0.2) is 133 Å². The van der Waals surface area contributed by atoms with Gasteiger partial charge in [0.15, 0.2) is 0 Å². The summed E-state index contributed by atoms with van der Waals surface area (Å²) >= 11 is 0. The summed E-state index contributed by atoms with van der Waals surface area (Å²) in [5.74, 6) is 6.18. The molecule has 216 valence electrons. The highest BCUT2D eigenvalue weighted by atomic mass is 19.4. The van der Waals surface area contributed by atoms with Crippen LogP contribution in [0, 0.1) is 18.8 Å². The van der Waals surface area contributed by atoms with Crippen LogP contribution in [0.2, 0.25) is 0 Å². The molecule has 0 aliphatic heterocycles. The lowest BCUT2D eigenvalue weighted by Crippen LogP contribution is -2.27. The molecule has 6 heteroatoms. The molecule has 0 aromatic heterocycles. The van der Waals surface area contributed by atoms with Gasteiger partial charge in [0.25, 0.3) is 0 Å². The van der Waals surface area contributed by atoms with Crippen LogP contribution in [0.25, 0.3) is 11.1 Å². The number of rotatable bonds is 6. The molecule has 2 N–H and O–H groups in total. The van der Waals surface area contributed by atoms with Gasteiger partial charge in [0.1, 0.15) is 0 Å². The second-order valence-electron chi connectivity index (χ2n) is 9.77. The monoisotopic (exact) mass is 576 g/mol. The molecule has 0 saturated heterocycles. The lowest BCUT2D eigenvalue weighted by Gasteiger charge is -2.07. The molecule has 0 bridgehead atoms. The van der Waals surface area contributed by atoms with E-state index in [-0.39, 0.29) is 12.5 Å². The van der Waals surface area contributed by atoms with Gasteiger partial charge in [0, 0.05) is 23.4 Å². The highest BCUT2D eigenvalue weighted by molar-refractivity contribution is 5.92. The summed E-state index contributed by atoms with van der Waals surface area (Å²) in [6.07, 6.45) is -4.27. The molecule has 1 amide bonds. The first-order valence-electron chi connectivity index (χ1n) is 13.7. The standard InChI is InChI=1S/C24H22N2O.C13H9F3/c1-19-7-9-22(10-8-19)17-25-18-24(27)26-23-15-13-21(14-16-23)12-11-20-5-3-2-4-6-20;14-13(15,16)12-8-6-11(7-9-12)10-4-2-1-3-5-10/h2-10,13-16,25H,17-18H2,1H3,(H,26,27);1-9H. The number of carbonyl (C=O) groups is 1. The first-order chi connectivity index (χ1) is 20.8. The van der Waals surface area contributed by atoms with E-state index in [0.29, 0.717) is 6.54 Å². The topological polar surface area (TPSA) is 41.1 Å². The van der Waals surface area contributed by atoms with Gasteiger partial charge in [-0.1, -0.05) is 102 Å². The number of alkyl halides is 3. The van der Waals surface area contributed by atoms with Crippen LogP contribution in [0.1, 0.15) is 27.8 Å². The molecule has 0 radical (unpaired) electrons. The van der Waals surface area contributed by atoms with E-state index in [0.717, 1.165) is 45.6 Å². The summed E-state index contributed by atoms with van der Waals surface area (Å²) in [6, 6.07) is 40.2.